The third kappa shape index (κ3) is 4.67. The molecular weight excluding hydrogens is 441 g/mol. The molecule has 3 aromatic rings. The van der Waals surface area contributed by atoms with Crippen LogP contribution < -0.4 is 5.32 Å². The van der Waals surface area contributed by atoms with E-state index in [-0.39, 0.29) is 11.9 Å². The molecule has 134 valence electrons. The standard InChI is InChI=1S/C19H20IN5O/c1-14(15-3-9-18(10-4-15)25-13-21-12-22-25)24(2)11-19(26)23-17-7-5-16(20)6-8-17/h3-10,12-14H,11H2,1-2H3,(H,23,26)/t14-/m0/s1. The molecule has 0 aliphatic rings. The molecule has 0 unspecified atom stereocenters. The Morgan fingerprint density at radius 2 is 1.88 bits per heavy atom. The topological polar surface area (TPSA) is 63.1 Å². The van der Waals surface area contributed by atoms with E-state index in [0.717, 1.165) is 20.5 Å². The number of nitrogens with one attached hydrogen (secondary N) is 1. The van der Waals surface area contributed by atoms with Gasteiger partial charge in [0.2, 0.25) is 5.91 Å². The number of carbonyl (C=O) groups excluding carboxylic acids is 1. The lowest BCUT2D eigenvalue weighted by Gasteiger charge is -2.24. The van der Waals surface area contributed by atoms with Crippen LogP contribution in [0.5, 0.6) is 0 Å². The smallest absolute Gasteiger partial charge is 0.238 e. The minimum Gasteiger partial charge on any atom is -0.325 e. The predicted octanol–water partition coefficient (Wildman–Crippen LogP) is 3.50. The molecule has 1 atom stereocenters. The van der Waals surface area contributed by atoms with Crippen molar-refractivity contribution in [2.75, 3.05) is 18.9 Å². The maximum Gasteiger partial charge on any atom is 0.238 e. The van der Waals surface area contributed by atoms with Gasteiger partial charge in [0.15, 0.2) is 0 Å². The van der Waals surface area contributed by atoms with Crippen LogP contribution in [0.1, 0.15) is 18.5 Å². The lowest BCUT2D eigenvalue weighted by atomic mass is 10.1. The first-order chi connectivity index (χ1) is 12.5. The van der Waals surface area contributed by atoms with Gasteiger partial charge in [-0.25, -0.2) is 9.67 Å². The highest BCUT2D eigenvalue weighted by Gasteiger charge is 2.15. The van der Waals surface area contributed by atoms with Gasteiger partial charge in [0, 0.05) is 15.3 Å². The Hall–Kier alpha value is -2.26. The zero-order valence-electron chi connectivity index (χ0n) is 14.6. The van der Waals surface area contributed by atoms with Crippen LogP contribution in [0.3, 0.4) is 0 Å². The molecule has 26 heavy (non-hydrogen) atoms. The van der Waals surface area contributed by atoms with Crippen molar-refractivity contribution >= 4 is 34.2 Å². The average Bonchev–Trinajstić information content (AvgIpc) is 3.18. The fourth-order valence-corrected chi connectivity index (χ4v) is 2.96. The van der Waals surface area contributed by atoms with Gasteiger partial charge in [0.05, 0.1) is 12.2 Å². The molecule has 7 heteroatoms. The first-order valence-electron chi connectivity index (χ1n) is 8.23. The van der Waals surface area contributed by atoms with Crippen LogP contribution >= 0.6 is 22.6 Å². The number of hydrogen-bond donors (Lipinski definition) is 1. The second kappa shape index (κ2) is 8.41. The summed E-state index contributed by atoms with van der Waals surface area (Å²) in [6, 6.07) is 16.0. The molecule has 0 aliphatic carbocycles. The Bertz CT molecular complexity index is 847. The maximum atomic E-state index is 12.3. The van der Waals surface area contributed by atoms with E-state index in [0.29, 0.717) is 6.54 Å². The van der Waals surface area contributed by atoms with Crippen molar-refractivity contribution in [3.05, 3.63) is 70.3 Å². The van der Waals surface area contributed by atoms with Gasteiger partial charge in [0.1, 0.15) is 12.7 Å². The van der Waals surface area contributed by atoms with Crippen LogP contribution in [0.4, 0.5) is 5.69 Å². The van der Waals surface area contributed by atoms with E-state index in [1.807, 2.05) is 48.3 Å². The fraction of sp³-hybridized carbons (Fsp3) is 0.211. The van der Waals surface area contributed by atoms with Crippen LogP contribution in [0.2, 0.25) is 0 Å². The molecule has 0 fully saturated rings. The molecule has 0 saturated carbocycles. The Kier molecular flexibility index (Phi) is 6.00. The molecule has 0 saturated heterocycles. The Balaban J connectivity index is 1.59. The third-order valence-corrected chi connectivity index (χ3v) is 4.96. The highest BCUT2D eigenvalue weighted by atomic mass is 127. The monoisotopic (exact) mass is 461 g/mol. The van der Waals surface area contributed by atoms with Crippen LogP contribution in [0.15, 0.2) is 61.2 Å². The van der Waals surface area contributed by atoms with E-state index in [4.69, 9.17) is 0 Å². The summed E-state index contributed by atoms with van der Waals surface area (Å²) < 4.78 is 2.85. The Morgan fingerprint density at radius 1 is 1.19 bits per heavy atom. The van der Waals surface area contributed by atoms with Crippen molar-refractivity contribution in [2.45, 2.75) is 13.0 Å². The van der Waals surface area contributed by atoms with Gasteiger partial charge < -0.3 is 5.32 Å². The zero-order chi connectivity index (χ0) is 18.5. The summed E-state index contributed by atoms with van der Waals surface area (Å²) in [4.78, 5) is 18.3. The molecule has 0 radical (unpaired) electrons. The number of carbonyl (C=O) groups is 1. The van der Waals surface area contributed by atoms with E-state index in [1.165, 1.54) is 6.33 Å². The number of benzene rings is 2. The van der Waals surface area contributed by atoms with E-state index < -0.39 is 0 Å². The third-order valence-electron chi connectivity index (χ3n) is 4.24. The number of likely N-dealkylation sites (N-methyl/N-ethyl adjacent to an activating group) is 1. The first kappa shape index (κ1) is 18.5. The molecule has 0 bridgehead atoms. The number of aromatic nitrogens is 3. The number of nitrogens with zero attached hydrogens (tertiary/aromatic N) is 4. The SMILES string of the molecule is C[C@@H](c1ccc(-n2cncn2)cc1)N(C)CC(=O)Nc1ccc(I)cc1. The average molecular weight is 461 g/mol. The summed E-state index contributed by atoms with van der Waals surface area (Å²) in [5.74, 6) is -0.0280. The molecule has 6 nitrogen and oxygen atoms in total. The van der Waals surface area contributed by atoms with Gasteiger partial charge in [-0.2, -0.15) is 5.10 Å². The molecule has 1 amide bonds. The number of hydrogen-bond acceptors (Lipinski definition) is 4. The highest BCUT2D eigenvalue weighted by molar-refractivity contribution is 14.1. The van der Waals surface area contributed by atoms with Crippen LogP contribution in [-0.4, -0.2) is 39.2 Å². The summed E-state index contributed by atoms with van der Waals surface area (Å²) >= 11 is 2.24. The number of rotatable bonds is 6. The lowest BCUT2D eigenvalue weighted by molar-refractivity contribution is -0.117. The summed E-state index contributed by atoms with van der Waals surface area (Å²) in [5.41, 5.74) is 2.91. The molecule has 1 aromatic heterocycles. The van der Waals surface area contributed by atoms with Crippen LogP contribution in [0.25, 0.3) is 5.69 Å². The largest absolute Gasteiger partial charge is 0.325 e. The zero-order valence-corrected chi connectivity index (χ0v) is 16.8. The van der Waals surface area contributed by atoms with Crippen molar-refractivity contribution < 1.29 is 4.79 Å². The molecule has 1 heterocycles. The predicted molar refractivity (Wildman–Crippen MR) is 110 cm³/mol. The molecule has 0 spiro atoms. The highest BCUT2D eigenvalue weighted by Crippen LogP contribution is 2.20. The molecule has 1 N–H and O–H groups in total. The second-order valence-corrected chi connectivity index (χ2v) is 7.32. The van der Waals surface area contributed by atoms with Crippen molar-refractivity contribution in [2.24, 2.45) is 0 Å². The van der Waals surface area contributed by atoms with Gasteiger partial charge in [0.25, 0.3) is 0 Å². The molecule has 2 aromatic carbocycles. The second-order valence-electron chi connectivity index (χ2n) is 6.08. The van der Waals surface area contributed by atoms with Gasteiger partial charge in [-0.05, 0) is 78.5 Å². The summed E-state index contributed by atoms with van der Waals surface area (Å²) in [6.07, 6.45) is 3.18. The summed E-state index contributed by atoms with van der Waals surface area (Å²) in [7, 11) is 1.95. The van der Waals surface area contributed by atoms with E-state index in [2.05, 4.69) is 57.0 Å². The summed E-state index contributed by atoms with van der Waals surface area (Å²) in [5, 5.41) is 7.05. The first-order valence-corrected chi connectivity index (χ1v) is 9.31. The minimum absolute atomic E-state index is 0.0280. The van der Waals surface area contributed by atoms with E-state index in [1.54, 1.807) is 11.0 Å². The van der Waals surface area contributed by atoms with E-state index in [9.17, 15) is 4.79 Å². The van der Waals surface area contributed by atoms with Crippen molar-refractivity contribution in [1.29, 1.82) is 0 Å². The Labute approximate surface area is 166 Å². The van der Waals surface area contributed by atoms with Crippen LogP contribution in [0, 0.1) is 3.57 Å². The van der Waals surface area contributed by atoms with E-state index >= 15 is 0 Å². The maximum absolute atomic E-state index is 12.3. The molecule has 0 aliphatic heterocycles. The van der Waals surface area contributed by atoms with Gasteiger partial charge >= 0.3 is 0 Å². The normalized spacial score (nSPS) is 12.2. The molecular formula is C19H20IN5O. The minimum atomic E-state index is -0.0280. The summed E-state index contributed by atoms with van der Waals surface area (Å²) in [6.45, 7) is 2.40. The van der Waals surface area contributed by atoms with Crippen molar-refractivity contribution in [3.8, 4) is 5.69 Å². The molecule has 3 rings (SSSR count). The fourth-order valence-electron chi connectivity index (χ4n) is 2.60. The number of anilines is 1. The van der Waals surface area contributed by atoms with Crippen LogP contribution in [-0.2, 0) is 4.79 Å². The number of amides is 1. The van der Waals surface area contributed by atoms with Crippen molar-refractivity contribution in [1.82, 2.24) is 19.7 Å². The van der Waals surface area contributed by atoms with Gasteiger partial charge in [-0.3, -0.25) is 9.69 Å². The van der Waals surface area contributed by atoms with Crippen molar-refractivity contribution in [3.63, 3.8) is 0 Å². The number of halogens is 1. The van der Waals surface area contributed by atoms with Gasteiger partial charge in [-0.15, -0.1) is 0 Å². The van der Waals surface area contributed by atoms with Gasteiger partial charge in [-0.1, -0.05) is 12.1 Å². The lowest BCUT2D eigenvalue weighted by Crippen LogP contribution is -2.32. The Morgan fingerprint density at radius 3 is 2.50 bits per heavy atom. The quantitative estimate of drug-likeness (QED) is 0.571.